The fourth-order valence-corrected chi connectivity index (χ4v) is 7.28. The molecular weight excluding hydrogens is 623 g/mol. The van der Waals surface area contributed by atoms with Gasteiger partial charge >= 0.3 is 6.36 Å². The molecule has 0 spiro atoms. The van der Waals surface area contributed by atoms with Gasteiger partial charge in [-0.3, -0.25) is 19.3 Å². The predicted molar refractivity (Wildman–Crippen MR) is 164 cm³/mol. The monoisotopic (exact) mass is 659 g/mol. The number of likely N-dealkylation sites (N-methyl/N-ethyl adjacent to an activating group) is 1. The van der Waals surface area contributed by atoms with Gasteiger partial charge in [-0.25, -0.2) is 0 Å². The van der Waals surface area contributed by atoms with Gasteiger partial charge in [-0.15, -0.1) is 13.2 Å². The van der Waals surface area contributed by atoms with E-state index < -0.39 is 64.4 Å². The lowest BCUT2D eigenvalue weighted by Gasteiger charge is -2.50. The van der Waals surface area contributed by atoms with Crippen LogP contribution < -0.4 is 15.4 Å². The SMILES string of the molecule is CN(C)c1cc(CCCc2ccc(OC(F)(F)F)cc2)c(O)c2c1C[C@H]1C[C@H]3[C@H](N(C)C)C(=O)C(C(N)=O)=C(O)[C@@]3(O)C(=O)C1=C2O. The molecule has 2 aromatic rings. The summed E-state index contributed by atoms with van der Waals surface area (Å²) >= 11 is 0. The molecule has 14 heteroatoms. The number of benzene rings is 2. The van der Waals surface area contributed by atoms with Gasteiger partial charge in [0.05, 0.1) is 11.6 Å². The maximum absolute atomic E-state index is 14.1. The maximum atomic E-state index is 14.1. The molecule has 0 heterocycles. The first-order valence-corrected chi connectivity index (χ1v) is 14.9. The van der Waals surface area contributed by atoms with Gasteiger partial charge in [0.2, 0.25) is 5.78 Å². The first-order chi connectivity index (χ1) is 21.9. The van der Waals surface area contributed by atoms with Crippen LogP contribution in [0.4, 0.5) is 18.9 Å². The molecule has 0 aromatic heterocycles. The summed E-state index contributed by atoms with van der Waals surface area (Å²) in [5.74, 6) is -7.46. The number of fused-ring (bicyclic) bond motifs is 3. The van der Waals surface area contributed by atoms with E-state index in [4.69, 9.17) is 5.73 Å². The lowest BCUT2D eigenvalue weighted by atomic mass is 9.57. The van der Waals surface area contributed by atoms with Crippen LogP contribution in [0, 0.1) is 11.8 Å². The third kappa shape index (κ3) is 5.69. The lowest BCUT2D eigenvalue weighted by molar-refractivity contribution is -0.274. The van der Waals surface area contributed by atoms with Crippen LogP contribution in [-0.2, 0) is 33.6 Å². The molecule has 0 aliphatic heterocycles. The quantitative estimate of drug-likeness (QED) is 0.265. The second kappa shape index (κ2) is 11.9. The number of carbonyl (C=O) groups excluding carboxylic acids is 3. The van der Waals surface area contributed by atoms with Crippen molar-refractivity contribution in [2.24, 2.45) is 17.6 Å². The number of aromatic hydroxyl groups is 1. The standard InChI is InChI=1S/C33H36F3N3O8/c1-38(2)21-14-16(7-5-6-15-8-10-18(11-9-15)47-33(34,35)36)26(40)23-19(21)12-17-13-20-25(39(3)4)28(42)24(31(37)45)30(44)32(20,46)29(43)22(17)27(23)41/h8-11,14,17,20,25,40-41,44,46H,5-7,12-13H2,1-4H3,(H2,37,45)/t17-,20-,25-,32-/m0/s1. The van der Waals surface area contributed by atoms with Crippen molar-refractivity contribution in [1.82, 2.24) is 4.90 Å². The minimum absolute atomic E-state index is 0.00357. The minimum Gasteiger partial charge on any atom is -0.508 e. The molecule has 0 unspecified atom stereocenters. The third-order valence-corrected chi connectivity index (χ3v) is 9.33. The van der Waals surface area contributed by atoms with Gasteiger partial charge in [-0.1, -0.05) is 12.1 Å². The summed E-state index contributed by atoms with van der Waals surface area (Å²) in [5.41, 5.74) is 3.89. The number of Topliss-reactive ketones (excluding diaryl/α,β-unsaturated/α-hetero) is 2. The van der Waals surface area contributed by atoms with E-state index >= 15 is 0 Å². The number of anilines is 1. The second-order valence-electron chi connectivity index (χ2n) is 12.7. The average molecular weight is 660 g/mol. The highest BCUT2D eigenvalue weighted by atomic mass is 19.4. The summed E-state index contributed by atoms with van der Waals surface area (Å²) in [6.45, 7) is 0. The largest absolute Gasteiger partial charge is 0.573 e. The average Bonchev–Trinajstić information content (AvgIpc) is 2.95. The molecule has 2 aromatic carbocycles. The first kappa shape index (κ1) is 33.8. The summed E-state index contributed by atoms with van der Waals surface area (Å²) < 4.78 is 41.4. The van der Waals surface area contributed by atoms with Gasteiger partial charge in [-0.05, 0) is 87.0 Å². The fourth-order valence-electron chi connectivity index (χ4n) is 7.28. The minimum atomic E-state index is -4.80. The summed E-state index contributed by atoms with van der Waals surface area (Å²) in [5, 5.41) is 46.0. The molecule has 1 saturated carbocycles. The van der Waals surface area contributed by atoms with E-state index in [-0.39, 0.29) is 35.5 Å². The molecule has 11 nitrogen and oxygen atoms in total. The molecule has 5 rings (SSSR count). The van der Waals surface area contributed by atoms with E-state index in [0.717, 1.165) is 5.56 Å². The van der Waals surface area contributed by atoms with E-state index in [1.54, 1.807) is 25.1 Å². The Morgan fingerprint density at radius 3 is 2.26 bits per heavy atom. The van der Waals surface area contributed by atoms with Gasteiger partial charge in [0.25, 0.3) is 5.91 Å². The zero-order chi connectivity index (χ0) is 34.7. The van der Waals surface area contributed by atoms with Gasteiger partial charge in [0, 0.05) is 31.3 Å². The van der Waals surface area contributed by atoms with Crippen LogP contribution in [-0.4, -0.2) is 89.0 Å². The summed E-state index contributed by atoms with van der Waals surface area (Å²) in [4.78, 5) is 42.8. The number of nitrogens with zero attached hydrogens (tertiary/aromatic N) is 2. The van der Waals surface area contributed by atoms with Gasteiger partial charge in [0.1, 0.15) is 28.6 Å². The van der Waals surface area contributed by atoms with E-state index in [2.05, 4.69) is 4.74 Å². The van der Waals surface area contributed by atoms with Crippen molar-refractivity contribution in [2.45, 2.75) is 50.1 Å². The van der Waals surface area contributed by atoms with Crippen LogP contribution in [0.15, 0.2) is 47.2 Å². The van der Waals surface area contributed by atoms with Crippen molar-refractivity contribution < 1.29 is 52.7 Å². The normalized spacial score (nSPS) is 24.2. The Bertz CT molecular complexity index is 1710. The molecule has 3 aliphatic rings. The molecule has 0 radical (unpaired) electrons. The second-order valence-corrected chi connectivity index (χ2v) is 12.7. The highest BCUT2D eigenvalue weighted by molar-refractivity contribution is 6.24. The number of hydrogen-bond donors (Lipinski definition) is 5. The number of alkyl halides is 3. The number of rotatable bonds is 8. The number of halogens is 3. The Kier molecular flexibility index (Phi) is 8.56. The molecule has 1 fully saturated rings. The Morgan fingerprint density at radius 2 is 1.70 bits per heavy atom. The summed E-state index contributed by atoms with van der Waals surface area (Å²) in [6.07, 6.45) is -3.46. The molecule has 0 saturated heterocycles. The predicted octanol–water partition coefficient (Wildman–Crippen LogP) is 3.10. The summed E-state index contributed by atoms with van der Waals surface area (Å²) in [7, 11) is 6.62. The van der Waals surface area contributed by atoms with Gasteiger partial charge in [0.15, 0.2) is 11.4 Å². The smallest absolute Gasteiger partial charge is 0.508 e. The lowest BCUT2D eigenvalue weighted by Crippen LogP contribution is -2.65. The molecule has 1 amide bonds. The Labute approximate surface area is 268 Å². The Morgan fingerprint density at radius 1 is 1.06 bits per heavy atom. The van der Waals surface area contributed by atoms with Crippen molar-refractivity contribution in [1.29, 1.82) is 0 Å². The van der Waals surface area contributed by atoms with Gasteiger partial charge in [-0.2, -0.15) is 0 Å². The number of primary amides is 1. The zero-order valence-electron chi connectivity index (χ0n) is 26.2. The van der Waals surface area contributed by atoms with Crippen LogP contribution >= 0.6 is 0 Å². The van der Waals surface area contributed by atoms with E-state index in [1.165, 1.54) is 43.3 Å². The Hall–Kier alpha value is -4.56. The van der Waals surface area contributed by atoms with Crippen LogP contribution in [0.2, 0.25) is 0 Å². The summed E-state index contributed by atoms with van der Waals surface area (Å²) in [6, 6.07) is 6.04. The third-order valence-electron chi connectivity index (χ3n) is 9.33. The van der Waals surface area contributed by atoms with Crippen LogP contribution in [0.1, 0.15) is 35.1 Å². The molecule has 47 heavy (non-hydrogen) atoms. The van der Waals surface area contributed by atoms with E-state index in [9.17, 15) is 48.0 Å². The number of nitrogens with two attached hydrogens (primary N) is 1. The van der Waals surface area contributed by atoms with Crippen molar-refractivity contribution >= 4 is 28.9 Å². The molecular formula is C33H36F3N3O8. The number of hydrogen-bond acceptors (Lipinski definition) is 10. The number of aliphatic hydroxyl groups excluding tert-OH is 2. The number of aliphatic hydroxyl groups is 3. The van der Waals surface area contributed by atoms with Crippen molar-refractivity contribution in [3.8, 4) is 11.5 Å². The maximum Gasteiger partial charge on any atom is 0.573 e. The first-order valence-electron chi connectivity index (χ1n) is 14.9. The number of ether oxygens (including phenoxy) is 1. The number of amides is 1. The molecule has 4 atom stereocenters. The highest BCUT2D eigenvalue weighted by Crippen LogP contribution is 2.54. The number of ketones is 2. The Balaban J connectivity index is 1.52. The molecule has 3 aliphatic carbocycles. The topological polar surface area (TPSA) is 174 Å². The van der Waals surface area contributed by atoms with Crippen molar-refractivity contribution in [3.05, 3.63) is 69.5 Å². The number of carbonyl (C=O) groups is 3. The van der Waals surface area contributed by atoms with Gasteiger partial charge < -0.3 is 35.8 Å². The van der Waals surface area contributed by atoms with E-state index in [0.29, 0.717) is 36.1 Å². The fraction of sp³-hybridized carbons (Fsp3) is 0.424. The van der Waals surface area contributed by atoms with E-state index in [1.807, 2.05) is 0 Å². The van der Waals surface area contributed by atoms with Crippen LogP contribution in [0.5, 0.6) is 11.5 Å². The van der Waals surface area contributed by atoms with Crippen molar-refractivity contribution in [3.63, 3.8) is 0 Å². The number of phenolic OH excluding ortho intramolecular Hbond substituents is 1. The van der Waals surface area contributed by atoms with Crippen LogP contribution in [0.3, 0.4) is 0 Å². The van der Waals surface area contributed by atoms with Crippen molar-refractivity contribution in [2.75, 3.05) is 33.1 Å². The highest BCUT2D eigenvalue weighted by Gasteiger charge is 2.64. The number of phenols is 1. The zero-order valence-corrected chi connectivity index (χ0v) is 26.2. The number of aryl methyl sites for hydroxylation is 2. The molecule has 0 bridgehead atoms. The molecule has 252 valence electrons. The van der Waals surface area contributed by atoms with Crippen LogP contribution in [0.25, 0.3) is 5.76 Å². The molecule has 6 N–H and O–H groups in total.